The van der Waals surface area contributed by atoms with E-state index in [0.29, 0.717) is 6.04 Å². The molecule has 1 saturated heterocycles. The van der Waals surface area contributed by atoms with Gasteiger partial charge in [-0.15, -0.1) is 0 Å². The van der Waals surface area contributed by atoms with E-state index >= 15 is 0 Å². The van der Waals surface area contributed by atoms with Crippen LogP contribution in [0.15, 0.2) is 18.2 Å². The Balaban J connectivity index is 1.75. The fourth-order valence-electron chi connectivity index (χ4n) is 4.09. The summed E-state index contributed by atoms with van der Waals surface area (Å²) in [5.41, 5.74) is 1.86. The third-order valence-corrected chi connectivity index (χ3v) is 5.14. The molecule has 1 aromatic rings. The molecule has 21 heavy (non-hydrogen) atoms. The predicted molar refractivity (Wildman–Crippen MR) is 86.1 cm³/mol. The highest BCUT2D eigenvalue weighted by Crippen LogP contribution is 2.38. The lowest BCUT2D eigenvalue weighted by Gasteiger charge is -2.31. The van der Waals surface area contributed by atoms with Gasteiger partial charge in [0.15, 0.2) is 0 Å². The van der Waals surface area contributed by atoms with E-state index in [1.54, 1.807) is 6.07 Å². The van der Waals surface area contributed by atoms with Crippen LogP contribution in [0.2, 0.25) is 0 Å². The van der Waals surface area contributed by atoms with Crippen LogP contribution in [0.5, 0.6) is 0 Å². The lowest BCUT2D eigenvalue weighted by atomic mass is 9.95. The second-order valence-electron chi connectivity index (χ2n) is 6.51. The average molecular weight is 290 g/mol. The number of anilines is 1. The Kier molecular flexibility index (Phi) is 4.79. The molecule has 0 aromatic heterocycles. The first-order valence-corrected chi connectivity index (χ1v) is 8.55. The minimum Gasteiger partial charge on any atom is -0.366 e. The molecular weight excluding hydrogens is 263 g/mol. The number of nitrogens with one attached hydrogen (secondary N) is 1. The summed E-state index contributed by atoms with van der Waals surface area (Å²) in [5, 5.41) is 3.25. The van der Waals surface area contributed by atoms with Crippen LogP contribution in [0.25, 0.3) is 0 Å². The normalized spacial score (nSPS) is 23.1. The molecule has 1 heterocycles. The van der Waals surface area contributed by atoms with Gasteiger partial charge in [0.05, 0.1) is 5.69 Å². The molecular formula is C18H27FN2. The molecule has 0 bridgehead atoms. The van der Waals surface area contributed by atoms with Crippen molar-refractivity contribution in [2.75, 3.05) is 18.0 Å². The summed E-state index contributed by atoms with van der Waals surface area (Å²) in [4.78, 5) is 2.35. The minimum absolute atomic E-state index is 0.0460. The predicted octanol–water partition coefficient (Wildman–Crippen LogP) is 4.09. The first kappa shape index (κ1) is 14.8. The van der Waals surface area contributed by atoms with E-state index in [0.717, 1.165) is 36.8 Å². The minimum atomic E-state index is -0.0460. The number of nitrogens with zero attached hydrogens (tertiary/aromatic N) is 1. The summed E-state index contributed by atoms with van der Waals surface area (Å²) in [6.07, 6.45) is 7.84. The fourth-order valence-corrected chi connectivity index (χ4v) is 4.09. The molecule has 1 aromatic carbocycles. The summed E-state index contributed by atoms with van der Waals surface area (Å²) in [5.74, 6) is 0.739. The molecule has 0 radical (unpaired) electrons. The van der Waals surface area contributed by atoms with E-state index in [9.17, 15) is 4.39 Å². The van der Waals surface area contributed by atoms with Gasteiger partial charge >= 0.3 is 0 Å². The van der Waals surface area contributed by atoms with Crippen molar-refractivity contribution in [3.63, 3.8) is 0 Å². The van der Waals surface area contributed by atoms with Crippen LogP contribution in [0.1, 0.15) is 51.0 Å². The zero-order chi connectivity index (χ0) is 14.7. The maximum absolute atomic E-state index is 14.5. The van der Waals surface area contributed by atoms with Crippen LogP contribution in [0.4, 0.5) is 10.1 Å². The van der Waals surface area contributed by atoms with Crippen molar-refractivity contribution in [3.8, 4) is 0 Å². The second-order valence-corrected chi connectivity index (χ2v) is 6.51. The SMILES string of the molecule is CCNCc1ccc(N2CCCC2C2CCCC2)c(F)c1. The molecule has 0 amide bonds. The zero-order valence-corrected chi connectivity index (χ0v) is 13.1. The lowest BCUT2D eigenvalue weighted by Crippen LogP contribution is -2.35. The molecule has 2 fully saturated rings. The third-order valence-electron chi connectivity index (χ3n) is 5.14. The Morgan fingerprint density at radius 3 is 2.71 bits per heavy atom. The topological polar surface area (TPSA) is 15.3 Å². The summed E-state index contributed by atoms with van der Waals surface area (Å²) >= 11 is 0. The standard InChI is InChI=1S/C18H27FN2/c1-2-20-13-14-9-10-18(16(19)12-14)21-11-5-8-17(21)15-6-3-4-7-15/h9-10,12,15,17,20H,2-8,11,13H2,1H3. The van der Waals surface area contributed by atoms with Crippen LogP contribution >= 0.6 is 0 Å². The summed E-state index contributed by atoms with van der Waals surface area (Å²) in [6, 6.07) is 6.35. The molecule has 1 unspecified atom stereocenters. The number of hydrogen-bond acceptors (Lipinski definition) is 2. The zero-order valence-electron chi connectivity index (χ0n) is 13.1. The Labute approximate surface area is 127 Å². The average Bonchev–Trinajstić information content (AvgIpc) is 3.15. The van der Waals surface area contributed by atoms with Gasteiger partial charge in [-0.05, 0) is 55.8 Å². The monoisotopic (exact) mass is 290 g/mol. The van der Waals surface area contributed by atoms with Crippen LogP contribution in [-0.2, 0) is 6.54 Å². The van der Waals surface area contributed by atoms with Gasteiger partial charge in [-0.25, -0.2) is 4.39 Å². The molecule has 2 nitrogen and oxygen atoms in total. The molecule has 1 aliphatic carbocycles. The molecule has 2 aliphatic rings. The van der Waals surface area contributed by atoms with Crippen LogP contribution in [-0.4, -0.2) is 19.1 Å². The molecule has 116 valence electrons. The smallest absolute Gasteiger partial charge is 0.146 e. The van der Waals surface area contributed by atoms with Gasteiger partial charge in [-0.2, -0.15) is 0 Å². The van der Waals surface area contributed by atoms with E-state index in [1.807, 2.05) is 6.07 Å². The van der Waals surface area contributed by atoms with Gasteiger partial charge in [0, 0.05) is 19.1 Å². The van der Waals surface area contributed by atoms with E-state index < -0.39 is 0 Å². The molecule has 0 spiro atoms. The molecule has 1 atom stereocenters. The van der Waals surface area contributed by atoms with E-state index in [1.165, 1.54) is 38.5 Å². The number of rotatable bonds is 5. The van der Waals surface area contributed by atoms with Gasteiger partial charge in [0.25, 0.3) is 0 Å². The third kappa shape index (κ3) is 3.23. The van der Waals surface area contributed by atoms with Gasteiger partial charge < -0.3 is 10.2 Å². The van der Waals surface area contributed by atoms with Gasteiger partial charge in [0.2, 0.25) is 0 Å². The van der Waals surface area contributed by atoms with Gasteiger partial charge in [0.1, 0.15) is 5.82 Å². The van der Waals surface area contributed by atoms with Gasteiger partial charge in [-0.3, -0.25) is 0 Å². The lowest BCUT2D eigenvalue weighted by molar-refractivity contribution is 0.427. The molecule has 1 saturated carbocycles. The summed E-state index contributed by atoms with van der Waals surface area (Å²) < 4.78 is 14.5. The maximum Gasteiger partial charge on any atom is 0.146 e. The van der Waals surface area contributed by atoms with E-state index in [-0.39, 0.29) is 5.82 Å². The fraction of sp³-hybridized carbons (Fsp3) is 0.667. The van der Waals surface area contributed by atoms with Crippen molar-refractivity contribution in [2.24, 2.45) is 5.92 Å². The van der Waals surface area contributed by atoms with Crippen LogP contribution < -0.4 is 10.2 Å². The van der Waals surface area contributed by atoms with Crippen molar-refractivity contribution in [2.45, 2.75) is 58.0 Å². The van der Waals surface area contributed by atoms with Crippen molar-refractivity contribution < 1.29 is 4.39 Å². The largest absolute Gasteiger partial charge is 0.366 e. The molecule has 3 rings (SSSR count). The highest BCUT2D eigenvalue weighted by Gasteiger charge is 2.34. The first-order valence-electron chi connectivity index (χ1n) is 8.55. The van der Waals surface area contributed by atoms with Crippen molar-refractivity contribution in [1.82, 2.24) is 5.32 Å². The molecule has 1 aliphatic heterocycles. The van der Waals surface area contributed by atoms with Gasteiger partial charge in [-0.1, -0.05) is 25.8 Å². The van der Waals surface area contributed by atoms with Crippen LogP contribution in [0.3, 0.4) is 0 Å². The highest BCUT2D eigenvalue weighted by molar-refractivity contribution is 5.51. The Morgan fingerprint density at radius 2 is 2.00 bits per heavy atom. The Bertz CT molecular complexity index is 468. The van der Waals surface area contributed by atoms with Crippen LogP contribution in [0, 0.1) is 11.7 Å². The Morgan fingerprint density at radius 1 is 1.19 bits per heavy atom. The summed E-state index contributed by atoms with van der Waals surface area (Å²) in [6.45, 7) is 4.75. The quantitative estimate of drug-likeness (QED) is 0.878. The highest BCUT2D eigenvalue weighted by atomic mass is 19.1. The Hall–Kier alpha value is -1.09. The second kappa shape index (κ2) is 6.78. The number of benzene rings is 1. The molecule has 3 heteroatoms. The van der Waals surface area contributed by atoms with Crippen molar-refractivity contribution >= 4 is 5.69 Å². The van der Waals surface area contributed by atoms with E-state index in [2.05, 4.69) is 23.2 Å². The van der Waals surface area contributed by atoms with Crippen molar-refractivity contribution in [1.29, 1.82) is 0 Å². The number of hydrogen-bond donors (Lipinski definition) is 1. The number of halogens is 1. The first-order chi connectivity index (χ1) is 10.3. The summed E-state index contributed by atoms with van der Waals surface area (Å²) in [7, 11) is 0. The molecule has 1 N–H and O–H groups in total. The maximum atomic E-state index is 14.5. The van der Waals surface area contributed by atoms with E-state index in [4.69, 9.17) is 0 Å². The van der Waals surface area contributed by atoms with Crippen molar-refractivity contribution in [3.05, 3.63) is 29.6 Å².